The summed E-state index contributed by atoms with van der Waals surface area (Å²) in [7, 11) is -4.29. The van der Waals surface area contributed by atoms with Crippen molar-refractivity contribution in [1.29, 1.82) is 0 Å². The number of hydrogen-bond donors (Lipinski definition) is 5. The Morgan fingerprint density at radius 3 is 2.50 bits per heavy atom. The minimum Gasteiger partial charge on any atom is -0.501 e. The molecule has 4 aromatic rings. The highest BCUT2D eigenvalue weighted by Crippen LogP contribution is 2.34. The zero-order chi connectivity index (χ0) is 27.4. The third-order valence-electron chi connectivity index (χ3n) is 4.93. The van der Waals surface area contributed by atoms with Crippen molar-refractivity contribution in [1.82, 2.24) is 20.0 Å². The Kier molecular flexibility index (Phi) is 8.02. The van der Waals surface area contributed by atoms with Gasteiger partial charge in [0.2, 0.25) is 5.75 Å². The Labute approximate surface area is 230 Å². The highest BCUT2D eigenvalue weighted by Gasteiger charge is 2.24. The van der Waals surface area contributed by atoms with E-state index in [-0.39, 0.29) is 33.5 Å². The molecular weight excluding hydrogens is 577 g/mol. The van der Waals surface area contributed by atoms with E-state index in [2.05, 4.69) is 20.6 Å². The number of hydrogen-bond acceptors (Lipinski definition) is 9. The molecule has 0 atom stereocenters. The van der Waals surface area contributed by atoms with Crippen molar-refractivity contribution in [3.8, 4) is 23.0 Å². The zero-order valence-electron chi connectivity index (χ0n) is 19.0. The number of benzene rings is 2. The number of carbonyl (C=O) groups is 2. The fourth-order valence-electron chi connectivity index (χ4n) is 3.19. The molecule has 0 bridgehead atoms. The molecule has 15 heteroatoms. The van der Waals surface area contributed by atoms with Crippen LogP contribution in [0, 0.1) is 0 Å². The molecule has 5 N–H and O–H groups in total. The van der Waals surface area contributed by atoms with Crippen LogP contribution in [0.4, 0.5) is 10.5 Å². The van der Waals surface area contributed by atoms with Gasteiger partial charge in [0.15, 0.2) is 11.5 Å². The van der Waals surface area contributed by atoms with Gasteiger partial charge in [0.25, 0.3) is 21.8 Å². The van der Waals surface area contributed by atoms with E-state index in [0.717, 1.165) is 11.3 Å². The maximum Gasteiger partial charge on any atom is 0.333 e. The zero-order valence-corrected chi connectivity index (χ0v) is 22.1. The summed E-state index contributed by atoms with van der Waals surface area (Å²) in [5.74, 6) is -2.73. The van der Waals surface area contributed by atoms with Crippen LogP contribution in [0.1, 0.15) is 16.1 Å². The van der Waals surface area contributed by atoms with Gasteiger partial charge in [-0.25, -0.2) is 22.9 Å². The van der Waals surface area contributed by atoms with Gasteiger partial charge in [-0.15, -0.1) is 11.3 Å². The van der Waals surface area contributed by atoms with E-state index in [4.69, 9.17) is 23.2 Å². The molecule has 0 radical (unpaired) electrons. The van der Waals surface area contributed by atoms with E-state index < -0.39 is 39.3 Å². The fraction of sp³-hybridized carbons (Fsp3) is 0.0435. The van der Waals surface area contributed by atoms with Crippen LogP contribution in [0.3, 0.4) is 0 Å². The number of aromatic hydroxyl groups is 2. The first kappa shape index (κ1) is 27.1. The number of thiophene rings is 1. The molecule has 2 aromatic heterocycles. The molecule has 0 aliphatic rings. The van der Waals surface area contributed by atoms with Gasteiger partial charge in [0.05, 0.1) is 16.3 Å². The Balaban J connectivity index is 1.54. The Morgan fingerprint density at radius 1 is 1.00 bits per heavy atom. The van der Waals surface area contributed by atoms with Gasteiger partial charge in [0.1, 0.15) is 4.90 Å². The number of sulfonamides is 1. The molecule has 0 saturated carbocycles. The maximum absolute atomic E-state index is 12.7. The van der Waals surface area contributed by atoms with Crippen molar-refractivity contribution in [3.05, 3.63) is 80.6 Å². The van der Waals surface area contributed by atoms with E-state index in [1.807, 2.05) is 4.72 Å². The molecule has 0 aliphatic heterocycles. The topological polar surface area (TPSA) is 171 Å². The first-order valence-corrected chi connectivity index (χ1v) is 13.7. The average Bonchev–Trinajstić information content (AvgIpc) is 3.31. The minimum atomic E-state index is -4.29. The molecule has 2 aromatic carbocycles. The Hall–Kier alpha value is -3.91. The van der Waals surface area contributed by atoms with Crippen LogP contribution in [0.15, 0.2) is 64.2 Å². The summed E-state index contributed by atoms with van der Waals surface area (Å²) in [4.78, 5) is 32.8. The van der Waals surface area contributed by atoms with E-state index in [9.17, 15) is 28.2 Å². The maximum atomic E-state index is 12.7. The van der Waals surface area contributed by atoms with Gasteiger partial charge in [0, 0.05) is 22.3 Å². The first-order valence-electron chi connectivity index (χ1n) is 10.5. The van der Waals surface area contributed by atoms with Crippen molar-refractivity contribution >= 4 is 62.2 Å². The van der Waals surface area contributed by atoms with E-state index in [1.54, 1.807) is 24.3 Å². The molecule has 0 spiro atoms. The summed E-state index contributed by atoms with van der Waals surface area (Å²) in [6, 6.07) is 11.2. The number of nitrogens with zero attached hydrogens (tertiary/aromatic N) is 2. The number of aromatic nitrogens is 2. The second kappa shape index (κ2) is 11.2. The molecule has 2 heterocycles. The van der Waals surface area contributed by atoms with Crippen LogP contribution in [-0.2, 0) is 16.6 Å². The highest BCUT2D eigenvalue weighted by atomic mass is 35.5. The molecule has 0 aliphatic carbocycles. The van der Waals surface area contributed by atoms with Crippen molar-refractivity contribution in [2.24, 2.45) is 0 Å². The second-order valence-electron chi connectivity index (χ2n) is 7.57. The predicted molar refractivity (Wildman–Crippen MR) is 142 cm³/mol. The summed E-state index contributed by atoms with van der Waals surface area (Å²) in [6.07, 6.45) is 0. The largest absolute Gasteiger partial charge is 0.501 e. The predicted octanol–water partition coefficient (Wildman–Crippen LogP) is 4.36. The smallest absolute Gasteiger partial charge is 0.333 e. The van der Waals surface area contributed by atoms with Crippen LogP contribution in [0.2, 0.25) is 10.0 Å². The molecule has 0 fully saturated rings. The molecule has 196 valence electrons. The Bertz CT molecular complexity index is 1650. The molecule has 3 amide bonds. The monoisotopic (exact) mass is 593 g/mol. The number of anilines is 1. The lowest BCUT2D eigenvalue weighted by atomic mass is 10.2. The van der Waals surface area contributed by atoms with Gasteiger partial charge in [-0.05, 0) is 29.8 Å². The number of carbonyl (C=O) groups excluding carboxylic acids is 2. The quantitative estimate of drug-likeness (QED) is 0.210. The molecule has 0 saturated heterocycles. The molecule has 4 rings (SSSR count). The summed E-state index contributed by atoms with van der Waals surface area (Å²) in [6.45, 7) is 0.0598. The summed E-state index contributed by atoms with van der Waals surface area (Å²) >= 11 is 13.0. The van der Waals surface area contributed by atoms with Crippen LogP contribution in [-0.4, -0.2) is 40.5 Å². The first-order chi connectivity index (χ1) is 18.0. The minimum absolute atomic E-state index is 0.0598. The lowest BCUT2D eigenvalue weighted by Gasteiger charge is -2.11. The molecular formula is C23H17Cl2N5O6S2. The number of halogens is 2. The van der Waals surface area contributed by atoms with E-state index in [0.29, 0.717) is 10.6 Å². The number of urea groups is 1. The van der Waals surface area contributed by atoms with E-state index in [1.165, 1.54) is 35.0 Å². The van der Waals surface area contributed by atoms with Crippen molar-refractivity contribution < 1.29 is 28.2 Å². The van der Waals surface area contributed by atoms with Gasteiger partial charge in [-0.2, -0.15) is 4.98 Å². The Morgan fingerprint density at radius 2 is 1.76 bits per heavy atom. The normalized spacial score (nSPS) is 11.1. The standard InChI is InChI=1S/C23H17Cl2N5O6S2/c24-13-5-3-4-12(8-13)9-26-21(32)18-19(31)22(33)29-20(28-18)14-10-37-11-16(14)27-23(34)30-38(35,36)17-7-2-1-6-15(17)25/h1-8,10-11,31H,9H2,(H,26,32)(H2,27,30,34)(H,28,29,33). The summed E-state index contributed by atoms with van der Waals surface area (Å²) in [5.41, 5.74) is 0.403. The highest BCUT2D eigenvalue weighted by molar-refractivity contribution is 7.90. The average molecular weight is 594 g/mol. The lowest BCUT2D eigenvalue weighted by Crippen LogP contribution is -2.34. The van der Waals surface area contributed by atoms with Crippen molar-refractivity contribution in [2.75, 3.05) is 5.32 Å². The van der Waals surface area contributed by atoms with Gasteiger partial charge in [-0.1, -0.05) is 47.5 Å². The van der Waals surface area contributed by atoms with Crippen molar-refractivity contribution in [2.45, 2.75) is 11.4 Å². The SMILES string of the molecule is O=C(Nc1cscc1-c1nc(O)c(O)c(C(=O)NCc2cccc(Cl)c2)n1)NS(=O)(=O)c1ccccc1Cl. The van der Waals surface area contributed by atoms with Crippen LogP contribution < -0.4 is 15.4 Å². The summed E-state index contributed by atoms with van der Waals surface area (Å²) in [5, 5.41) is 28.6. The fourth-order valence-corrected chi connectivity index (χ4v) is 5.59. The number of nitrogens with one attached hydrogen (secondary N) is 3. The van der Waals surface area contributed by atoms with Crippen molar-refractivity contribution in [3.63, 3.8) is 0 Å². The van der Waals surface area contributed by atoms with Gasteiger partial charge >= 0.3 is 6.03 Å². The molecule has 0 unspecified atom stereocenters. The molecule has 38 heavy (non-hydrogen) atoms. The van der Waals surface area contributed by atoms with Crippen LogP contribution >= 0.6 is 34.5 Å². The van der Waals surface area contributed by atoms with Crippen LogP contribution in [0.5, 0.6) is 11.6 Å². The summed E-state index contributed by atoms with van der Waals surface area (Å²) < 4.78 is 26.9. The number of amides is 3. The van der Waals surface area contributed by atoms with Gasteiger partial charge < -0.3 is 20.8 Å². The number of rotatable bonds is 7. The second-order valence-corrected chi connectivity index (χ2v) is 10.8. The lowest BCUT2D eigenvalue weighted by molar-refractivity contribution is 0.0941. The van der Waals surface area contributed by atoms with E-state index >= 15 is 0 Å². The third-order valence-corrected chi connectivity index (χ3v) is 7.74. The van der Waals surface area contributed by atoms with Gasteiger partial charge in [-0.3, -0.25) is 4.79 Å². The third kappa shape index (κ3) is 6.14. The molecule has 11 nitrogen and oxygen atoms in total. The van der Waals surface area contributed by atoms with Crippen LogP contribution in [0.25, 0.3) is 11.4 Å².